The van der Waals surface area contributed by atoms with Gasteiger partial charge in [0.15, 0.2) is 0 Å². The van der Waals surface area contributed by atoms with Crippen LogP contribution >= 0.6 is 0 Å². The number of nitrogens with zero attached hydrogens (tertiary/aromatic N) is 1. The minimum Gasteiger partial charge on any atom is -0.330 e. The monoisotopic (exact) mass is 322 g/mol. The topological polar surface area (TPSA) is 63.4 Å². The molecule has 0 aliphatic rings. The van der Waals surface area contributed by atoms with Crippen LogP contribution in [-0.4, -0.2) is 25.8 Å². The predicted octanol–water partition coefficient (Wildman–Crippen LogP) is 2.37. The van der Waals surface area contributed by atoms with Crippen LogP contribution in [0.25, 0.3) is 0 Å². The van der Waals surface area contributed by atoms with Gasteiger partial charge in [0.25, 0.3) is 0 Å². The summed E-state index contributed by atoms with van der Waals surface area (Å²) in [6.07, 6.45) is 0.563. The molecule has 0 atom stereocenters. The van der Waals surface area contributed by atoms with Crippen molar-refractivity contribution in [2.45, 2.75) is 17.9 Å². The molecule has 0 aliphatic heterocycles. The number of halogens is 1. The van der Waals surface area contributed by atoms with Crippen molar-refractivity contribution in [2.24, 2.45) is 5.73 Å². The zero-order valence-corrected chi connectivity index (χ0v) is 13.0. The molecular weight excluding hydrogens is 303 g/mol. The molecule has 6 heteroatoms. The van der Waals surface area contributed by atoms with E-state index in [1.165, 1.54) is 16.4 Å². The predicted molar refractivity (Wildman–Crippen MR) is 84.1 cm³/mol. The molecule has 0 amide bonds. The fraction of sp³-hybridized carbons (Fsp3) is 0.250. The number of hydrogen-bond acceptors (Lipinski definition) is 3. The molecule has 0 aromatic heterocycles. The Hall–Kier alpha value is -1.76. The molecule has 0 heterocycles. The molecule has 4 nitrogen and oxygen atoms in total. The van der Waals surface area contributed by atoms with E-state index in [1.54, 1.807) is 0 Å². The van der Waals surface area contributed by atoms with E-state index in [-0.39, 0.29) is 11.4 Å². The van der Waals surface area contributed by atoms with E-state index in [0.717, 1.165) is 17.7 Å². The van der Waals surface area contributed by atoms with Crippen LogP contribution in [0.4, 0.5) is 4.39 Å². The maximum atomic E-state index is 13.0. The van der Waals surface area contributed by atoms with Crippen molar-refractivity contribution in [3.05, 3.63) is 66.0 Å². The molecule has 0 unspecified atom stereocenters. The third-order valence-corrected chi connectivity index (χ3v) is 5.12. The van der Waals surface area contributed by atoms with Crippen molar-refractivity contribution in [1.29, 1.82) is 0 Å². The van der Waals surface area contributed by atoms with Crippen molar-refractivity contribution < 1.29 is 12.8 Å². The lowest BCUT2D eigenvalue weighted by Crippen LogP contribution is -2.32. The van der Waals surface area contributed by atoms with E-state index in [4.69, 9.17) is 5.73 Å². The summed E-state index contributed by atoms with van der Waals surface area (Å²) in [7, 11) is -3.68. The highest BCUT2D eigenvalue weighted by atomic mass is 32.2. The molecule has 0 aliphatic carbocycles. The Morgan fingerprint density at radius 3 is 2.23 bits per heavy atom. The SMILES string of the molecule is NCCCN(Cc1ccccc1)S(=O)(=O)c1ccc(F)cc1. The highest BCUT2D eigenvalue weighted by Gasteiger charge is 2.24. The van der Waals surface area contributed by atoms with Crippen molar-refractivity contribution in [3.63, 3.8) is 0 Å². The van der Waals surface area contributed by atoms with Gasteiger partial charge in [0.1, 0.15) is 5.82 Å². The summed E-state index contributed by atoms with van der Waals surface area (Å²) in [5.41, 5.74) is 6.39. The van der Waals surface area contributed by atoms with Crippen LogP contribution in [0.15, 0.2) is 59.5 Å². The average molecular weight is 322 g/mol. The Balaban J connectivity index is 2.28. The third kappa shape index (κ3) is 4.13. The van der Waals surface area contributed by atoms with Gasteiger partial charge >= 0.3 is 0 Å². The zero-order chi connectivity index (χ0) is 16.0. The van der Waals surface area contributed by atoms with E-state index in [2.05, 4.69) is 0 Å². The molecule has 0 fully saturated rings. The van der Waals surface area contributed by atoms with E-state index >= 15 is 0 Å². The lowest BCUT2D eigenvalue weighted by atomic mass is 10.2. The summed E-state index contributed by atoms with van der Waals surface area (Å²) < 4.78 is 39.8. The summed E-state index contributed by atoms with van der Waals surface area (Å²) in [4.78, 5) is 0.0850. The zero-order valence-electron chi connectivity index (χ0n) is 12.2. The molecule has 2 aromatic carbocycles. The molecule has 2 rings (SSSR count). The third-order valence-electron chi connectivity index (χ3n) is 3.26. The molecule has 2 N–H and O–H groups in total. The highest BCUT2D eigenvalue weighted by Crippen LogP contribution is 2.19. The summed E-state index contributed by atoms with van der Waals surface area (Å²) in [6, 6.07) is 14.2. The highest BCUT2D eigenvalue weighted by molar-refractivity contribution is 7.89. The van der Waals surface area contributed by atoms with Crippen LogP contribution in [0.5, 0.6) is 0 Å². The maximum absolute atomic E-state index is 13.0. The lowest BCUT2D eigenvalue weighted by Gasteiger charge is -2.22. The first-order valence-electron chi connectivity index (χ1n) is 7.04. The summed E-state index contributed by atoms with van der Waals surface area (Å²) >= 11 is 0. The van der Waals surface area contributed by atoms with Gasteiger partial charge in [0.2, 0.25) is 10.0 Å². The number of hydrogen-bond donors (Lipinski definition) is 1. The number of nitrogens with two attached hydrogens (primary N) is 1. The first-order chi connectivity index (χ1) is 10.5. The van der Waals surface area contributed by atoms with Gasteiger partial charge < -0.3 is 5.73 Å². The van der Waals surface area contributed by atoms with Crippen LogP contribution in [-0.2, 0) is 16.6 Å². The molecule has 0 radical (unpaired) electrons. The Labute approximate surface area is 130 Å². The first kappa shape index (κ1) is 16.6. The molecule has 2 aromatic rings. The number of benzene rings is 2. The Kier molecular flexibility index (Phi) is 5.65. The van der Waals surface area contributed by atoms with Gasteiger partial charge in [-0.3, -0.25) is 0 Å². The van der Waals surface area contributed by atoms with Gasteiger partial charge in [-0.1, -0.05) is 30.3 Å². The molecule has 0 bridgehead atoms. The van der Waals surface area contributed by atoms with E-state index in [0.29, 0.717) is 19.5 Å². The van der Waals surface area contributed by atoms with Crippen LogP contribution in [0.1, 0.15) is 12.0 Å². The van der Waals surface area contributed by atoms with Crippen LogP contribution in [0.2, 0.25) is 0 Å². The van der Waals surface area contributed by atoms with Gasteiger partial charge in [-0.25, -0.2) is 12.8 Å². The molecule has 0 spiro atoms. The number of rotatable bonds is 7. The van der Waals surface area contributed by atoms with Gasteiger partial charge in [0, 0.05) is 13.1 Å². The standard InChI is InChI=1S/C16H19FN2O2S/c17-15-7-9-16(10-8-15)22(20,21)19(12-4-11-18)13-14-5-2-1-3-6-14/h1-3,5-10H,4,11-13,18H2. The van der Waals surface area contributed by atoms with Crippen LogP contribution < -0.4 is 5.73 Å². The maximum Gasteiger partial charge on any atom is 0.243 e. The van der Waals surface area contributed by atoms with Crippen LogP contribution in [0, 0.1) is 5.82 Å². The second-order valence-corrected chi connectivity index (χ2v) is 6.86. The van der Waals surface area contributed by atoms with Crippen molar-refractivity contribution in [2.75, 3.05) is 13.1 Å². The van der Waals surface area contributed by atoms with Crippen LogP contribution in [0.3, 0.4) is 0 Å². The largest absolute Gasteiger partial charge is 0.330 e. The van der Waals surface area contributed by atoms with E-state index in [9.17, 15) is 12.8 Å². The molecule has 0 saturated heterocycles. The Morgan fingerprint density at radius 1 is 1.00 bits per heavy atom. The summed E-state index contributed by atoms with van der Waals surface area (Å²) in [5.74, 6) is -0.462. The van der Waals surface area contributed by atoms with Crippen molar-refractivity contribution in [1.82, 2.24) is 4.31 Å². The smallest absolute Gasteiger partial charge is 0.243 e. The van der Waals surface area contributed by atoms with Gasteiger partial charge in [-0.05, 0) is 42.8 Å². The van der Waals surface area contributed by atoms with E-state index in [1.807, 2.05) is 30.3 Å². The second kappa shape index (κ2) is 7.49. The quantitative estimate of drug-likeness (QED) is 0.851. The van der Waals surface area contributed by atoms with E-state index < -0.39 is 15.8 Å². The molecule has 0 saturated carbocycles. The Bertz CT molecular complexity index is 688. The van der Waals surface area contributed by atoms with Gasteiger partial charge in [0.05, 0.1) is 4.90 Å². The summed E-state index contributed by atoms with van der Waals surface area (Å²) in [6.45, 7) is 0.996. The van der Waals surface area contributed by atoms with Gasteiger partial charge in [-0.15, -0.1) is 0 Å². The van der Waals surface area contributed by atoms with Gasteiger partial charge in [-0.2, -0.15) is 4.31 Å². The normalized spacial score (nSPS) is 11.8. The average Bonchev–Trinajstić information content (AvgIpc) is 2.52. The fourth-order valence-electron chi connectivity index (χ4n) is 2.09. The molecule has 22 heavy (non-hydrogen) atoms. The Morgan fingerprint density at radius 2 is 1.64 bits per heavy atom. The minimum atomic E-state index is -3.68. The fourth-order valence-corrected chi connectivity index (χ4v) is 3.56. The molecular formula is C16H19FN2O2S. The molecule has 118 valence electrons. The second-order valence-electron chi connectivity index (χ2n) is 4.92. The summed E-state index contributed by atoms with van der Waals surface area (Å²) in [5, 5.41) is 0. The first-order valence-corrected chi connectivity index (χ1v) is 8.48. The minimum absolute atomic E-state index is 0.0850. The van der Waals surface area contributed by atoms with Crippen molar-refractivity contribution in [3.8, 4) is 0 Å². The number of sulfonamides is 1. The lowest BCUT2D eigenvalue weighted by molar-refractivity contribution is 0.401. The van der Waals surface area contributed by atoms with Crippen molar-refractivity contribution >= 4 is 10.0 Å².